The minimum Gasteiger partial charge on any atom is -0.308 e. The third-order valence-electron chi connectivity index (χ3n) is 6.87. The summed E-state index contributed by atoms with van der Waals surface area (Å²) < 4.78 is 79.3. The standard InChI is InChI=1S/C25H28ClF2N7O3S3/c1-14-11-15(40(29,36)10-9-34(3)4)5-6-17(14)18-12-16(41(37,38)33-25(2)7-8-25)13-35-19(18)20(26)30-22(35)24-32-31-23(39-24)21(27)28/h5-6,11-13,21,29,33H,7-10H2,1-4H3/t40-/m1/s1. The van der Waals surface area contributed by atoms with Crippen LogP contribution < -0.4 is 4.72 Å². The van der Waals surface area contributed by atoms with Crippen LogP contribution in [-0.2, 0) is 19.8 Å². The predicted molar refractivity (Wildman–Crippen MR) is 155 cm³/mol. The zero-order valence-electron chi connectivity index (χ0n) is 22.6. The first-order chi connectivity index (χ1) is 19.1. The van der Waals surface area contributed by atoms with Crippen LogP contribution in [0.15, 0.2) is 40.3 Å². The van der Waals surface area contributed by atoms with Crippen molar-refractivity contribution < 1.29 is 21.4 Å². The van der Waals surface area contributed by atoms with Gasteiger partial charge in [0.2, 0.25) is 10.0 Å². The molecule has 220 valence electrons. The van der Waals surface area contributed by atoms with Gasteiger partial charge in [0.25, 0.3) is 6.43 Å². The molecule has 4 aromatic rings. The van der Waals surface area contributed by atoms with Crippen molar-refractivity contribution in [2.24, 2.45) is 0 Å². The maximum Gasteiger partial charge on any atom is 0.291 e. The van der Waals surface area contributed by atoms with Gasteiger partial charge in [-0.3, -0.25) is 4.40 Å². The summed E-state index contributed by atoms with van der Waals surface area (Å²) in [5, 5.41) is 6.93. The van der Waals surface area contributed by atoms with Gasteiger partial charge < -0.3 is 4.90 Å². The number of halogens is 3. The van der Waals surface area contributed by atoms with Crippen molar-refractivity contribution in [3.05, 3.63) is 46.2 Å². The Bertz CT molecular complexity index is 1870. The van der Waals surface area contributed by atoms with Crippen LogP contribution in [0.4, 0.5) is 8.78 Å². The van der Waals surface area contributed by atoms with Gasteiger partial charge in [-0.2, -0.15) is 0 Å². The highest BCUT2D eigenvalue weighted by molar-refractivity contribution is 7.92. The Morgan fingerprint density at radius 1 is 1.17 bits per heavy atom. The number of nitrogens with zero attached hydrogens (tertiary/aromatic N) is 5. The minimum absolute atomic E-state index is 0.00797. The van der Waals surface area contributed by atoms with Gasteiger partial charge in [-0.05, 0) is 70.1 Å². The molecule has 3 heterocycles. The van der Waals surface area contributed by atoms with Gasteiger partial charge in [0, 0.05) is 34.5 Å². The zero-order chi connectivity index (χ0) is 29.9. The molecule has 5 rings (SSSR count). The Morgan fingerprint density at radius 3 is 2.46 bits per heavy atom. The summed E-state index contributed by atoms with van der Waals surface area (Å²) in [6, 6.07) is 6.42. The topological polar surface area (TPSA) is 133 Å². The second-order valence-corrected chi connectivity index (χ2v) is 15.9. The number of rotatable bonds is 10. The molecular weight excluding hydrogens is 616 g/mol. The first-order valence-electron chi connectivity index (χ1n) is 12.5. The molecule has 0 radical (unpaired) electrons. The van der Waals surface area contributed by atoms with E-state index < -0.39 is 36.7 Å². The molecule has 10 nitrogen and oxygen atoms in total. The van der Waals surface area contributed by atoms with Gasteiger partial charge in [0.05, 0.1) is 20.1 Å². The maximum absolute atomic E-state index is 13.5. The van der Waals surface area contributed by atoms with Crippen molar-refractivity contribution in [3.63, 3.8) is 0 Å². The van der Waals surface area contributed by atoms with E-state index >= 15 is 0 Å². The van der Waals surface area contributed by atoms with Crippen LogP contribution in [0.3, 0.4) is 0 Å². The average Bonchev–Trinajstić information content (AvgIpc) is 3.26. The van der Waals surface area contributed by atoms with Crippen molar-refractivity contribution >= 4 is 48.2 Å². The smallest absolute Gasteiger partial charge is 0.291 e. The molecule has 0 amide bonds. The molecule has 1 aliphatic rings. The lowest BCUT2D eigenvalue weighted by atomic mass is 10.0. The molecule has 1 atom stereocenters. The van der Waals surface area contributed by atoms with E-state index in [1.165, 1.54) is 16.7 Å². The van der Waals surface area contributed by atoms with Crippen molar-refractivity contribution in [1.82, 2.24) is 29.2 Å². The quantitative estimate of drug-likeness (QED) is 0.242. The van der Waals surface area contributed by atoms with Crippen LogP contribution in [0.5, 0.6) is 0 Å². The Balaban J connectivity index is 1.71. The molecular formula is C25H28ClF2N7O3S3. The molecule has 0 aliphatic heterocycles. The zero-order valence-corrected chi connectivity index (χ0v) is 25.8. The van der Waals surface area contributed by atoms with E-state index in [0.29, 0.717) is 57.8 Å². The fraction of sp³-hybridized carbons (Fsp3) is 0.400. The molecule has 1 fully saturated rings. The molecule has 0 unspecified atom stereocenters. The van der Waals surface area contributed by atoms with Crippen LogP contribution in [0.2, 0.25) is 5.15 Å². The summed E-state index contributed by atoms with van der Waals surface area (Å²) in [5.74, 6) is 0.221. The SMILES string of the molecule is Cc1cc([S@](=N)(=O)CCN(C)C)ccc1-c1cc(S(=O)(=O)NC2(C)CC2)cn2c(-c3nnc(C(F)F)s3)nc(Cl)c12. The Hall–Kier alpha value is -2.56. The molecule has 3 aromatic heterocycles. The molecule has 16 heteroatoms. The molecule has 41 heavy (non-hydrogen) atoms. The van der Waals surface area contributed by atoms with Gasteiger partial charge in [-0.15, -0.1) is 10.2 Å². The lowest BCUT2D eigenvalue weighted by Gasteiger charge is -2.17. The lowest BCUT2D eigenvalue weighted by Crippen LogP contribution is -2.34. The third-order valence-corrected chi connectivity index (χ3v) is 11.4. The largest absolute Gasteiger partial charge is 0.308 e. The number of aromatic nitrogens is 4. The third kappa shape index (κ3) is 6.01. The number of sulfonamides is 1. The van der Waals surface area contributed by atoms with E-state index in [2.05, 4.69) is 19.9 Å². The molecule has 2 N–H and O–H groups in total. The number of nitrogens with one attached hydrogen (secondary N) is 2. The van der Waals surface area contributed by atoms with Crippen LogP contribution in [0.25, 0.3) is 27.5 Å². The number of alkyl halides is 2. The number of aryl methyl sites for hydroxylation is 1. The molecule has 0 saturated heterocycles. The van der Waals surface area contributed by atoms with Gasteiger partial charge in [0.1, 0.15) is 0 Å². The Morgan fingerprint density at radius 2 is 1.88 bits per heavy atom. The number of benzene rings is 1. The van der Waals surface area contributed by atoms with Crippen LogP contribution in [0, 0.1) is 11.7 Å². The van der Waals surface area contributed by atoms with Gasteiger partial charge in [-0.1, -0.05) is 29.0 Å². The van der Waals surface area contributed by atoms with Gasteiger partial charge >= 0.3 is 0 Å². The summed E-state index contributed by atoms with van der Waals surface area (Å²) in [5.41, 5.74) is 1.41. The van der Waals surface area contributed by atoms with Gasteiger partial charge in [-0.25, -0.2) is 35.9 Å². The summed E-state index contributed by atoms with van der Waals surface area (Å²) >= 11 is 7.23. The number of imidazole rings is 1. The molecule has 0 bridgehead atoms. The first kappa shape index (κ1) is 29.9. The number of hydrogen-bond acceptors (Lipinski definition) is 9. The summed E-state index contributed by atoms with van der Waals surface area (Å²) in [6.07, 6.45) is -0.0904. The highest BCUT2D eigenvalue weighted by Crippen LogP contribution is 2.40. The Labute approximate surface area is 245 Å². The van der Waals surface area contributed by atoms with E-state index in [1.807, 2.05) is 25.9 Å². The van der Waals surface area contributed by atoms with Crippen molar-refractivity contribution in [2.45, 2.75) is 48.4 Å². The predicted octanol–water partition coefficient (Wildman–Crippen LogP) is 5.22. The second kappa shape index (κ2) is 10.6. The lowest BCUT2D eigenvalue weighted by molar-refractivity contribution is 0.150. The molecule has 0 spiro atoms. The highest BCUT2D eigenvalue weighted by atomic mass is 35.5. The number of pyridine rings is 1. The van der Waals surface area contributed by atoms with Crippen molar-refractivity contribution in [1.29, 1.82) is 4.78 Å². The van der Waals surface area contributed by atoms with Crippen LogP contribution in [-0.4, -0.2) is 69.0 Å². The van der Waals surface area contributed by atoms with E-state index in [1.54, 1.807) is 25.1 Å². The fourth-order valence-electron chi connectivity index (χ4n) is 4.31. The van der Waals surface area contributed by atoms with Crippen molar-refractivity contribution in [2.75, 3.05) is 26.4 Å². The number of hydrogen-bond donors (Lipinski definition) is 2. The highest BCUT2D eigenvalue weighted by Gasteiger charge is 2.41. The maximum atomic E-state index is 13.5. The monoisotopic (exact) mass is 643 g/mol. The first-order valence-corrected chi connectivity index (χ1v) is 16.9. The van der Waals surface area contributed by atoms with E-state index in [9.17, 15) is 21.4 Å². The summed E-state index contributed by atoms with van der Waals surface area (Å²) in [4.78, 5) is 6.48. The normalized spacial score (nSPS) is 16.5. The Kier molecular flexibility index (Phi) is 7.74. The fourth-order valence-corrected chi connectivity index (χ4v) is 8.27. The van der Waals surface area contributed by atoms with Crippen molar-refractivity contribution in [3.8, 4) is 22.0 Å². The molecule has 1 aromatic carbocycles. The number of fused-ring (bicyclic) bond motifs is 1. The van der Waals surface area contributed by atoms with E-state index in [-0.39, 0.29) is 26.6 Å². The minimum atomic E-state index is -4.01. The van der Waals surface area contributed by atoms with E-state index in [4.69, 9.17) is 16.4 Å². The van der Waals surface area contributed by atoms with Crippen LogP contribution >= 0.6 is 22.9 Å². The van der Waals surface area contributed by atoms with Gasteiger partial charge in [0.15, 0.2) is 21.0 Å². The summed E-state index contributed by atoms with van der Waals surface area (Å²) in [7, 11) is -3.40. The average molecular weight is 644 g/mol. The molecule has 1 aliphatic carbocycles. The van der Waals surface area contributed by atoms with E-state index in [0.717, 1.165) is 0 Å². The second-order valence-electron chi connectivity index (χ2n) is 10.6. The van der Waals surface area contributed by atoms with Crippen LogP contribution in [0.1, 0.15) is 36.8 Å². The summed E-state index contributed by atoms with van der Waals surface area (Å²) in [6.45, 7) is 4.06. The molecule has 1 saturated carbocycles.